The van der Waals surface area contributed by atoms with E-state index in [1.807, 2.05) is 25.1 Å². The van der Waals surface area contributed by atoms with Crippen molar-refractivity contribution in [2.24, 2.45) is 0 Å². The van der Waals surface area contributed by atoms with E-state index >= 15 is 0 Å². The van der Waals surface area contributed by atoms with Crippen LogP contribution in [0.3, 0.4) is 0 Å². The zero-order valence-electron chi connectivity index (χ0n) is 22.9. The molecule has 206 valence electrons. The Labute approximate surface area is 238 Å². The molecule has 2 amide bonds. The van der Waals surface area contributed by atoms with Crippen molar-refractivity contribution in [2.45, 2.75) is 6.92 Å². The van der Waals surface area contributed by atoms with Crippen molar-refractivity contribution >= 4 is 40.5 Å². The first kappa shape index (κ1) is 27.3. The van der Waals surface area contributed by atoms with E-state index in [-0.39, 0.29) is 11.8 Å². The third kappa shape index (κ3) is 6.84. The van der Waals surface area contributed by atoms with Crippen LogP contribution in [0.15, 0.2) is 79.1 Å². The summed E-state index contributed by atoms with van der Waals surface area (Å²) in [6.45, 7) is 5.94. The van der Waals surface area contributed by atoms with Gasteiger partial charge in [-0.1, -0.05) is 12.1 Å². The van der Waals surface area contributed by atoms with Crippen molar-refractivity contribution < 1.29 is 9.59 Å². The largest absolute Gasteiger partial charge is 0.369 e. The van der Waals surface area contributed by atoms with Crippen LogP contribution in [0.2, 0.25) is 0 Å². The number of likely N-dealkylation sites (N-methyl/N-ethyl adjacent to an activating group) is 1. The number of amides is 2. The summed E-state index contributed by atoms with van der Waals surface area (Å²) in [5, 5.41) is 17.9. The van der Waals surface area contributed by atoms with E-state index in [0.717, 1.165) is 37.4 Å². The van der Waals surface area contributed by atoms with Crippen molar-refractivity contribution in [2.75, 3.05) is 54.1 Å². The Morgan fingerprint density at radius 1 is 0.829 bits per heavy atom. The molecular weight excluding hydrogens is 516 g/mol. The molecule has 1 fully saturated rings. The highest BCUT2D eigenvalue weighted by molar-refractivity contribution is 6.08. The van der Waals surface area contributed by atoms with Crippen molar-refractivity contribution in [3.8, 4) is 6.07 Å². The molecule has 5 rings (SSSR count). The number of anilines is 5. The fourth-order valence-corrected chi connectivity index (χ4v) is 4.48. The molecule has 0 atom stereocenters. The number of benzene rings is 3. The fraction of sp³-hybridized carbons (Fsp3) is 0.194. The summed E-state index contributed by atoms with van der Waals surface area (Å²) >= 11 is 0. The maximum Gasteiger partial charge on any atom is 0.256 e. The smallest absolute Gasteiger partial charge is 0.256 e. The molecule has 0 unspecified atom stereocenters. The zero-order valence-corrected chi connectivity index (χ0v) is 22.9. The summed E-state index contributed by atoms with van der Waals surface area (Å²) in [6.07, 6.45) is 3.07. The molecular formula is C31H30N8O2. The maximum absolute atomic E-state index is 13.0. The lowest BCUT2D eigenvalue weighted by Crippen LogP contribution is -2.44. The Bertz CT molecular complexity index is 1590. The van der Waals surface area contributed by atoms with Crippen LogP contribution in [0.25, 0.3) is 0 Å². The van der Waals surface area contributed by atoms with Gasteiger partial charge in [-0.15, -0.1) is 0 Å². The number of hydrogen-bond donors (Lipinski definition) is 3. The first-order valence-electron chi connectivity index (χ1n) is 13.2. The minimum atomic E-state index is -0.372. The van der Waals surface area contributed by atoms with Gasteiger partial charge in [-0.25, -0.2) is 9.97 Å². The molecule has 4 aromatic rings. The number of piperazine rings is 1. The predicted molar refractivity (Wildman–Crippen MR) is 160 cm³/mol. The lowest BCUT2D eigenvalue weighted by atomic mass is 10.1. The Morgan fingerprint density at radius 3 is 2.22 bits per heavy atom. The molecule has 3 N–H and O–H groups in total. The van der Waals surface area contributed by atoms with Crippen LogP contribution >= 0.6 is 0 Å². The second kappa shape index (κ2) is 12.3. The molecule has 0 bridgehead atoms. The van der Waals surface area contributed by atoms with Crippen molar-refractivity contribution in [1.29, 1.82) is 5.26 Å². The van der Waals surface area contributed by atoms with Gasteiger partial charge < -0.3 is 25.8 Å². The van der Waals surface area contributed by atoms with Gasteiger partial charge in [0.15, 0.2) is 0 Å². The highest BCUT2D eigenvalue weighted by Crippen LogP contribution is 2.22. The van der Waals surface area contributed by atoms with Gasteiger partial charge in [-0.05, 0) is 74.1 Å². The van der Waals surface area contributed by atoms with Crippen molar-refractivity contribution in [3.63, 3.8) is 0 Å². The highest BCUT2D eigenvalue weighted by Gasteiger charge is 2.15. The number of hydrogen-bond acceptors (Lipinski definition) is 8. The number of nitriles is 1. The van der Waals surface area contributed by atoms with Gasteiger partial charge in [0.1, 0.15) is 0 Å². The Balaban J connectivity index is 1.19. The minimum Gasteiger partial charge on any atom is -0.369 e. The summed E-state index contributed by atoms with van der Waals surface area (Å²) in [5.74, 6) is -0.312. The van der Waals surface area contributed by atoms with Crippen molar-refractivity contribution in [1.82, 2.24) is 14.9 Å². The fourth-order valence-electron chi connectivity index (χ4n) is 4.48. The number of nitrogens with one attached hydrogen (secondary N) is 3. The summed E-state index contributed by atoms with van der Waals surface area (Å²) in [5.41, 5.74) is 4.85. The Hall–Kier alpha value is -5.27. The molecule has 10 nitrogen and oxygen atoms in total. The second-order valence-corrected chi connectivity index (χ2v) is 9.89. The van der Waals surface area contributed by atoms with Gasteiger partial charge in [-0.2, -0.15) is 5.26 Å². The van der Waals surface area contributed by atoms with Crippen LogP contribution in [0.5, 0.6) is 0 Å². The zero-order chi connectivity index (χ0) is 28.8. The van der Waals surface area contributed by atoms with Crippen LogP contribution < -0.4 is 20.9 Å². The number of nitrogens with zero attached hydrogens (tertiary/aromatic N) is 5. The SMILES string of the molecule is Cc1ccc(NC(=O)c2cccc(C#N)c2)cc1C(=O)Nc1cnc(Nc2ccc(N3CCN(C)CC3)cc2)nc1. The maximum atomic E-state index is 13.0. The minimum absolute atomic E-state index is 0.353. The van der Waals surface area contributed by atoms with E-state index in [2.05, 4.69) is 54.9 Å². The second-order valence-electron chi connectivity index (χ2n) is 9.89. The van der Waals surface area contributed by atoms with E-state index in [1.54, 1.807) is 36.4 Å². The summed E-state index contributed by atoms with van der Waals surface area (Å²) in [4.78, 5) is 39.1. The molecule has 0 radical (unpaired) electrons. The van der Waals surface area contributed by atoms with Gasteiger partial charge in [0.25, 0.3) is 11.8 Å². The van der Waals surface area contributed by atoms with Crippen LogP contribution in [-0.2, 0) is 0 Å². The number of aryl methyl sites for hydroxylation is 1. The van der Waals surface area contributed by atoms with Gasteiger partial charge >= 0.3 is 0 Å². The number of rotatable bonds is 7. The molecule has 1 aliphatic heterocycles. The standard InChI is InChI=1S/C31H30N8O2/c1-21-6-7-25(35-29(40)23-5-3-4-22(16-23)18-32)17-28(21)30(41)36-26-19-33-31(34-20-26)37-24-8-10-27(11-9-24)39-14-12-38(2)13-15-39/h3-11,16-17,19-20H,12-15H2,1-2H3,(H,35,40)(H,36,41)(H,33,34,37). The molecule has 41 heavy (non-hydrogen) atoms. The first-order chi connectivity index (χ1) is 19.9. The van der Waals surface area contributed by atoms with Crippen LogP contribution in [-0.4, -0.2) is 59.9 Å². The quantitative estimate of drug-likeness (QED) is 0.306. The predicted octanol–water partition coefficient (Wildman–Crippen LogP) is 4.66. The average molecular weight is 547 g/mol. The third-order valence-corrected chi connectivity index (χ3v) is 6.90. The molecule has 3 aromatic carbocycles. The van der Waals surface area contributed by atoms with Crippen molar-refractivity contribution in [3.05, 3.63) is 101 Å². The summed E-state index contributed by atoms with van der Waals surface area (Å²) in [6, 6.07) is 21.7. The average Bonchev–Trinajstić information content (AvgIpc) is 3.00. The van der Waals surface area contributed by atoms with E-state index in [4.69, 9.17) is 5.26 Å². The van der Waals surface area contributed by atoms with Gasteiger partial charge in [0, 0.05) is 54.4 Å². The summed E-state index contributed by atoms with van der Waals surface area (Å²) in [7, 11) is 2.14. The van der Waals surface area contributed by atoms with E-state index in [9.17, 15) is 9.59 Å². The third-order valence-electron chi connectivity index (χ3n) is 6.90. The monoisotopic (exact) mass is 546 g/mol. The molecule has 10 heteroatoms. The molecule has 0 spiro atoms. The Kier molecular flexibility index (Phi) is 8.18. The van der Waals surface area contributed by atoms with Gasteiger partial charge in [0.05, 0.1) is 29.7 Å². The molecule has 1 saturated heterocycles. The summed E-state index contributed by atoms with van der Waals surface area (Å²) < 4.78 is 0. The molecule has 2 heterocycles. The molecule has 1 aromatic heterocycles. The van der Waals surface area contributed by atoms with E-state index < -0.39 is 0 Å². The topological polar surface area (TPSA) is 126 Å². The van der Waals surface area contributed by atoms with Crippen LogP contribution in [0.4, 0.5) is 28.7 Å². The van der Waals surface area contributed by atoms with Gasteiger partial charge in [0.2, 0.25) is 5.95 Å². The van der Waals surface area contributed by atoms with Gasteiger partial charge in [-0.3, -0.25) is 9.59 Å². The number of carbonyl (C=O) groups excluding carboxylic acids is 2. The number of carbonyl (C=O) groups is 2. The highest BCUT2D eigenvalue weighted by atomic mass is 16.2. The van der Waals surface area contributed by atoms with Crippen LogP contribution in [0, 0.1) is 18.3 Å². The van der Waals surface area contributed by atoms with E-state index in [1.165, 1.54) is 24.1 Å². The first-order valence-corrected chi connectivity index (χ1v) is 13.2. The molecule has 0 aliphatic carbocycles. The Morgan fingerprint density at radius 2 is 1.51 bits per heavy atom. The molecule has 1 aliphatic rings. The molecule has 0 saturated carbocycles. The normalized spacial score (nSPS) is 13.2. The lowest BCUT2D eigenvalue weighted by molar-refractivity contribution is 0.101. The number of aromatic nitrogens is 2. The lowest BCUT2D eigenvalue weighted by Gasteiger charge is -2.34. The van der Waals surface area contributed by atoms with Crippen LogP contribution in [0.1, 0.15) is 31.8 Å². The van der Waals surface area contributed by atoms with E-state index in [0.29, 0.717) is 34.0 Å².